The van der Waals surface area contributed by atoms with Gasteiger partial charge < -0.3 is 24.7 Å². The van der Waals surface area contributed by atoms with Crippen LogP contribution in [0.25, 0.3) is 0 Å². The van der Waals surface area contributed by atoms with E-state index in [9.17, 15) is 10.2 Å². The minimum Gasteiger partial charge on any atom is -0.467 e. The molecule has 0 saturated heterocycles. The Morgan fingerprint density at radius 3 is 2.68 bits per heavy atom. The van der Waals surface area contributed by atoms with E-state index < -0.39 is 6.10 Å². The van der Waals surface area contributed by atoms with Crippen molar-refractivity contribution in [1.29, 1.82) is 0 Å². The SMILES string of the molecule is CCC(CC)(CO)NCC(O)COCc1ccco1. The van der Waals surface area contributed by atoms with Crippen LogP contribution in [0.2, 0.25) is 0 Å². The minimum absolute atomic E-state index is 0.0694. The molecule has 3 N–H and O–H groups in total. The molecule has 1 aromatic rings. The van der Waals surface area contributed by atoms with Crippen LogP contribution in [0.4, 0.5) is 0 Å². The smallest absolute Gasteiger partial charge is 0.129 e. The van der Waals surface area contributed by atoms with E-state index in [0.29, 0.717) is 13.2 Å². The Hall–Kier alpha value is -0.880. The second kappa shape index (κ2) is 8.32. The average molecular weight is 271 g/mol. The van der Waals surface area contributed by atoms with Gasteiger partial charge in [0, 0.05) is 12.1 Å². The summed E-state index contributed by atoms with van der Waals surface area (Å²) in [7, 11) is 0. The lowest BCUT2D eigenvalue weighted by molar-refractivity contribution is 0.0157. The monoisotopic (exact) mass is 271 g/mol. The molecule has 1 rings (SSSR count). The number of furan rings is 1. The van der Waals surface area contributed by atoms with Gasteiger partial charge in [0.15, 0.2) is 0 Å². The van der Waals surface area contributed by atoms with Gasteiger partial charge in [-0.2, -0.15) is 0 Å². The quantitative estimate of drug-likeness (QED) is 0.598. The molecular weight excluding hydrogens is 246 g/mol. The predicted octanol–water partition coefficient (Wildman–Crippen LogP) is 1.30. The molecule has 1 heterocycles. The topological polar surface area (TPSA) is 74.9 Å². The third-order valence-electron chi connectivity index (χ3n) is 3.50. The summed E-state index contributed by atoms with van der Waals surface area (Å²) < 4.78 is 10.5. The van der Waals surface area contributed by atoms with E-state index in [0.717, 1.165) is 18.6 Å². The van der Waals surface area contributed by atoms with Crippen LogP contribution in [-0.4, -0.2) is 41.6 Å². The molecule has 0 radical (unpaired) electrons. The van der Waals surface area contributed by atoms with Crippen LogP contribution in [0, 0.1) is 0 Å². The van der Waals surface area contributed by atoms with Gasteiger partial charge in [-0.05, 0) is 25.0 Å². The third kappa shape index (κ3) is 5.32. The molecule has 0 spiro atoms. The normalized spacial score (nSPS) is 13.7. The number of hydrogen-bond acceptors (Lipinski definition) is 5. The zero-order chi connectivity index (χ0) is 14.1. The zero-order valence-electron chi connectivity index (χ0n) is 11.8. The van der Waals surface area contributed by atoms with Crippen LogP contribution < -0.4 is 5.32 Å². The molecule has 5 heteroatoms. The summed E-state index contributed by atoms with van der Waals surface area (Å²) in [6.07, 6.45) is 2.63. The van der Waals surface area contributed by atoms with Crippen molar-refractivity contribution in [3.05, 3.63) is 24.2 Å². The van der Waals surface area contributed by atoms with E-state index in [4.69, 9.17) is 9.15 Å². The molecule has 0 amide bonds. The maximum Gasteiger partial charge on any atom is 0.129 e. The Bertz CT molecular complexity index is 314. The number of ether oxygens (including phenoxy) is 1. The maximum atomic E-state index is 9.83. The standard InChI is InChI=1S/C14H25NO4/c1-3-14(4-2,11-16)15-8-12(17)9-18-10-13-6-5-7-19-13/h5-7,12,15-17H,3-4,8-11H2,1-2H3. The van der Waals surface area contributed by atoms with Crippen LogP contribution in [0.1, 0.15) is 32.4 Å². The van der Waals surface area contributed by atoms with Gasteiger partial charge in [0.25, 0.3) is 0 Å². The van der Waals surface area contributed by atoms with Crippen molar-refractivity contribution < 1.29 is 19.4 Å². The fourth-order valence-electron chi connectivity index (χ4n) is 1.86. The minimum atomic E-state index is -0.598. The van der Waals surface area contributed by atoms with Crippen LogP contribution in [0.5, 0.6) is 0 Å². The van der Waals surface area contributed by atoms with Crippen LogP contribution in [-0.2, 0) is 11.3 Å². The number of hydrogen-bond donors (Lipinski definition) is 3. The van der Waals surface area contributed by atoms with Crippen molar-refractivity contribution in [1.82, 2.24) is 5.32 Å². The molecule has 1 aromatic heterocycles. The molecule has 0 fully saturated rings. The first-order valence-electron chi connectivity index (χ1n) is 6.80. The average Bonchev–Trinajstić information content (AvgIpc) is 2.94. The van der Waals surface area contributed by atoms with Gasteiger partial charge in [-0.1, -0.05) is 13.8 Å². The summed E-state index contributed by atoms with van der Waals surface area (Å²) in [5, 5.41) is 22.5. The van der Waals surface area contributed by atoms with E-state index >= 15 is 0 Å². The van der Waals surface area contributed by atoms with E-state index in [-0.39, 0.29) is 18.8 Å². The molecule has 1 atom stereocenters. The van der Waals surface area contributed by atoms with Crippen LogP contribution in [0.3, 0.4) is 0 Å². The van der Waals surface area contributed by atoms with Gasteiger partial charge >= 0.3 is 0 Å². The van der Waals surface area contributed by atoms with Gasteiger partial charge in [-0.3, -0.25) is 0 Å². The first-order valence-corrected chi connectivity index (χ1v) is 6.80. The highest BCUT2D eigenvalue weighted by molar-refractivity contribution is 4.96. The summed E-state index contributed by atoms with van der Waals surface area (Å²) >= 11 is 0. The Balaban J connectivity index is 2.21. The van der Waals surface area contributed by atoms with Crippen molar-refractivity contribution in [3.63, 3.8) is 0 Å². The van der Waals surface area contributed by atoms with Crippen LogP contribution in [0.15, 0.2) is 22.8 Å². The van der Waals surface area contributed by atoms with E-state index in [1.165, 1.54) is 0 Å². The van der Waals surface area contributed by atoms with Gasteiger partial charge in [0.05, 0.1) is 25.6 Å². The summed E-state index contributed by atoms with van der Waals surface area (Å²) in [6.45, 7) is 5.11. The van der Waals surface area contributed by atoms with E-state index in [1.807, 2.05) is 19.9 Å². The first kappa shape index (κ1) is 16.2. The van der Waals surface area contributed by atoms with E-state index in [1.54, 1.807) is 12.3 Å². The molecule has 19 heavy (non-hydrogen) atoms. The molecule has 0 bridgehead atoms. The Kier molecular flexibility index (Phi) is 7.09. The molecule has 5 nitrogen and oxygen atoms in total. The highest BCUT2D eigenvalue weighted by Crippen LogP contribution is 2.13. The summed E-state index contributed by atoms with van der Waals surface area (Å²) in [5.41, 5.74) is -0.304. The van der Waals surface area contributed by atoms with Crippen molar-refractivity contribution in [2.75, 3.05) is 19.8 Å². The largest absolute Gasteiger partial charge is 0.467 e. The highest BCUT2D eigenvalue weighted by Gasteiger charge is 2.25. The van der Waals surface area contributed by atoms with Gasteiger partial charge in [-0.25, -0.2) is 0 Å². The summed E-state index contributed by atoms with van der Waals surface area (Å²) in [6, 6.07) is 3.63. The fourth-order valence-corrected chi connectivity index (χ4v) is 1.86. The second-order valence-corrected chi connectivity index (χ2v) is 4.77. The fraction of sp³-hybridized carbons (Fsp3) is 0.714. The van der Waals surface area contributed by atoms with Crippen LogP contribution >= 0.6 is 0 Å². The lowest BCUT2D eigenvalue weighted by Crippen LogP contribution is -2.50. The molecule has 0 aliphatic heterocycles. The number of aliphatic hydroxyl groups excluding tert-OH is 2. The number of aliphatic hydroxyl groups is 2. The maximum absolute atomic E-state index is 9.83. The molecule has 110 valence electrons. The number of nitrogens with one attached hydrogen (secondary N) is 1. The Morgan fingerprint density at radius 1 is 1.42 bits per heavy atom. The molecule has 0 aliphatic rings. The molecule has 0 aliphatic carbocycles. The van der Waals surface area contributed by atoms with Crippen molar-refractivity contribution in [2.45, 2.75) is 44.9 Å². The van der Waals surface area contributed by atoms with Crippen molar-refractivity contribution in [3.8, 4) is 0 Å². The zero-order valence-corrected chi connectivity index (χ0v) is 11.8. The van der Waals surface area contributed by atoms with Gasteiger partial charge in [-0.15, -0.1) is 0 Å². The van der Waals surface area contributed by atoms with Gasteiger partial charge in [0.2, 0.25) is 0 Å². The van der Waals surface area contributed by atoms with Crippen molar-refractivity contribution in [2.24, 2.45) is 0 Å². The molecule has 0 saturated carbocycles. The lowest BCUT2D eigenvalue weighted by atomic mass is 9.94. The summed E-state index contributed by atoms with van der Waals surface area (Å²) in [5.74, 6) is 0.743. The second-order valence-electron chi connectivity index (χ2n) is 4.77. The summed E-state index contributed by atoms with van der Waals surface area (Å²) in [4.78, 5) is 0. The van der Waals surface area contributed by atoms with Gasteiger partial charge in [0.1, 0.15) is 12.4 Å². The van der Waals surface area contributed by atoms with E-state index in [2.05, 4.69) is 5.32 Å². The Labute approximate surface area is 114 Å². The first-order chi connectivity index (χ1) is 9.15. The molecular formula is C14H25NO4. The predicted molar refractivity (Wildman–Crippen MR) is 72.8 cm³/mol. The number of β-amino-alcohol motifs (C(OH)–C–C–N with tert-alkyl or cyclic N) is 1. The lowest BCUT2D eigenvalue weighted by Gasteiger charge is -2.31. The highest BCUT2D eigenvalue weighted by atomic mass is 16.5. The number of rotatable bonds is 10. The van der Waals surface area contributed by atoms with Crippen molar-refractivity contribution >= 4 is 0 Å². The molecule has 1 unspecified atom stereocenters. The molecule has 0 aromatic carbocycles. The third-order valence-corrected chi connectivity index (χ3v) is 3.50. The Morgan fingerprint density at radius 2 is 2.16 bits per heavy atom.